The maximum Gasteiger partial charge on any atom is 0.310 e. The third kappa shape index (κ3) is 3.65. The van der Waals surface area contributed by atoms with E-state index in [1.165, 1.54) is 25.3 Å². The largest absolute Gasteiger partial charge is 0.490 e. The van der Waals surface area contributed by atoms with Crippen LogP contribution in [0.5, 0.6) is 5.75 Å². The Labute approximate surface area is 110 Å². The number of carbonyl (C=O) groups excluding carboxylic acids is 1. The highest BCUT2D eigenvalue weighted by molar-refractivity contribution is 5.95. The van der Waals surface area contributed by atoms with Gasteiger partial charge in [0.1, 0.15) is 0 Å². The van der Waals surface area contributed by atoms with Gasteiger partial charge in [0, 0.05) is 17.7 Å². The number of hydrogen-bond donors (Lipinski definition) is 2. The van der Waals surface area contributed by atoms with E-state index in [2.05, 4.69) is 5.32 Å². The molecule has 0 aliphatic carbocycles. The molecule has 0 spiro atoms. The van der Waals surface area contributed by atoms with Crippen LogP contribution in [0.2, 0.25) is 0 Å². The number of aliphatic hydroxyl groups is 1. The first-order valence-corrected chi connectivity index (χ1v) is 5.77. The number of rotatable bonds is 6. The van der Waals surface area contributed by atoms with Gasteiger partial charge in [0.2, 0.25) is 0 Å². The summed E-state index contributed by atoms with van der Waals surface area (Å²) in [4.78, 5) is 22.0. The highest BCUT2D eigenvalue weighted by Crippen LogP contribution is 2.27. The SMILES string of the molecule is CC[C@@H](CO)NC(=O)c1ccc([N+](=O)[O-])c(OC)c1. The summed E-state index contributed by atoms with van der Waals surface area (Å²) in [6, 6.07) is 3.53. The number of nitrogens with one attached hydrogen (secondary N) is 1. The van der Waals surface area contributed by atoms with Crippen molar-refractivity contribution < 1.29 is 19.6 Å². The predicted octanol–water partition coefficient (Wildman–Crippen LogP) is 1.10. The number of nitro groups is 1. The van der Waals surface area contributed by atoms with E-state index >= 15 is 0 Å². The molecular formula is C12H16N2O5. The molecule has 0 saturated carbocycles. The first-order valence-electron chi connectivity index (χ1n) is 5.77. The van der Waals surface area contributed by atoms with Crippen LogP contribution in [-0.4, -0.2) is 35.7 Å². The number of nitrogens with zero attached hydrogens (tertiary/aromatic N) is 1. The number of ether oxygens (including phenoxy) is 1. The number of benzene rings is 1. The molecule has 0 aliphatic rings. The van der Waals surface area contributed by atoms with Crippen LogP contribution in [-0.2, 0) is 0 Å². The normalized spacial score (nSPS) is 11.7. The van der Waals surface area contributed by atoms with Crippen molar-refractivity contribution in [2.75, 3.05) is 13.7 Å². The molecule has 19 heavy (non-hydrogen) atoms. The Bertz CT molecular complexity index is 471. The van der Waals surface area contributed by atoms with Gasteiger partial charge >= 0.3 is 5.69 Å². The fourth-order valence-electron chi connectivity index (χ4n) is 1.52. The Morgan fingerprint density at radius 1 is 1.58 bits per heavy atom. The van der Waals surface area contributed by atoms with Gasteiger partial charge in [0.25, 0.3) is 5.91 Å². The number of hydrogen-bond acceptors (Lipinski definition) is 5. The molecule has 0 bridgehead atoms. The summed E-state index contributed by atoms with van der Waals surface area (Å²) < 4.78 is 4.88. The van der Waals surface area contributed by atoms with Gasteiger partial charge in [0.15, 0.2) is 5.75 Å². The van der Waals surface area contributed by atoms with Gasteiger partial charge < -0.3 is 15.2 Å². The Hall–Kier alpha value is -2.15. The lowest BCUT2D eigenvalue weighted by atomic mass is 10.1. The van der Waals surface area contributed by atoms with E-state index in [4.69, 9.17) is 9.84 Å². The van der Waals surface area contributed by atoms with E-state index in [0.717, 1.165) is 0 Å². The van der Waals surface area contributed by atoms with Gasteiger partial charge in [-0.3, -0.25) is 14.9 Å². The molecule has 1 rings (SSSR count). The van der Waals surface area contributed by atoms with Gasteiger partial charge in [-0.15, -0.1) is 0 Å². The molecule has 1 aromatic carbocycles. The van der Waals surface area contributed by atoms with Gasteiger partial charge in [0.05, 0.1) is 24.7 Å². The van der Waals surface area contributed by atoms with Crippen molar-refractivity contribution in [1.29, 1.82) is 0 Å². The lowest BCUT2D eigenvalue weighted by Gasteiger charge is -2.14. The molecule has 7 heteroatoms. The summed E-state index contributed by atoms with van der Waals surface area (Å²) >= 11 is 0. The summed E-state index contributed by atoms with van der Waals surface area (Å²) in [5.74, 6) is -0.385. The van der Waals surface area contributed by atoms with Crippen molar-refractivity contribution in [3.63, 3.8) is 0 Å². The Kier molecular flexibility index (Phi) is 5.25. The van der Waals surface area contributed by atoms with Crippen molar-refractivity contribution in [3.8, 4) is 5.75 Å². The van der Waals surface area contributed by atoms with E-state index in [0.29, 0.717) is 6.42 Å². The number of aliphatic hydroxyl groups excluding tert-OH is 1. The predicted molar refractivity (Wildman–Crippen MR) is 68.3 cm³/mol. The molecular weight excluding hydrogens is 252 g/mol. The second-order valence-corrected chi connectivity index (χ2v) is 3.90. The van der Waals surface area contributed by atoms with Crippen LogP contribution in [0.1, 0.15) is 23.7 Å². The van der Waals surface area contributed by atoms with E-state index in [1.807, 2.05) is 6.92 Å². The first kappa shape index (κ1) is 14.9. The molecule has 0 radical (unpaired) electrons. The lowest BCUT2D eigenvalue weighted by molar-refractivity contribution is -0.385. The van der Waals surface area contributed by atoms with Crippen LogP contribution >= 0.6 is 0 Å². The number of carbonyl (C=O) groups is 1. The summed E-state index contributed by atoms with van der Waals surface area (Å²) in [5.41, 5.74) is 0.0441. The van der Waals surface area contributed by atoms with Crippen LogP contribution in [0.25, 0.3) is 0 Å². The van der Waals surface area contributed by atoms with Crippen molar-refractivity contribution >= 4 is 11.6 Å². The van der Waals surface area contributed by atoms with Gasteiger partial charge in [-0.05, 0) is 12.5 Å². The summed E-state index contributed by atoms with van der Waals surface area (Å²) in [5, 5.41) is 22.4. The molecule has 1 amide bonds. The zero-order valence-electron chi connectivity index (χ0n) is 10.8. The highest BCUT2D eigenvalue weighted by atomic mass is 16.6. The minimum absolute atomic E-state index is 0.0229. The highest BCUT2D eigenvalue weighted by Gasteiger charge is 2.18. The average Bonchev–Trinajstić information content (AvgIpc) is 2.43. The fraction of sp³-hybridized carbons (Fsp3) is 0.417. The Morgan fingerprint density at radius 2 is 2.26 bits per heavy atom. The molecule has 0 fully saturated rings. The molecule has 104 valence electrons. The molecule has 2 N–H and O–H groups in total. The van der Waals surface area contributed by atoms with Crippen molar-refractivity contribution in [2.45, 2.75) is 19.4 Å². The van der Waals surface area contributed by atoms with Crippen molar-refractivity contribution in [1.82, 2.24) is 5.32 Å². The molecule has 1 aromatic rings. The van der Waals surface area contributed by atoms with Crippen LogP contribution in [0.15, 0.2) is 18.2 Å². The second kappa shape index (κ2) is 6.69. The number of nitro benzene ring substituents is 1. The minimum atomic E-state index is -0.580. The van der Waals surface area contributed by atoms with E-state index in [1.54, 1.807) is 0 Å². The van der Waals surface area contributed by atoms with E-state index in [9.17, 15) is 14.9 Å². The van der Waals surface area contributed by atoms with Gasteiger partial charge in [-0.2, -0.15) is 0 Å². The molecule has 0 aromatic heterocycles. The fourth-order valence-corrected chi connectivity index (χ4v) is 1.52. The van der Waals surface area contributed by atoms with E-state index < -0.39 is 10.8 Å². The topological polar surface area (TPSA) is 102 Å². The zero-order chi connectivity index (χ0) is 14.4. The standard InChI is InChI=1S/C12H16N2O5/c1-3-9(7-15)13-12(16)8-4-5-10(14(17)18)11(6-8)19-2/h4-6,9,15H,3,7H2,1-2H3,(H,13,16)/t9-/m0/s1. The Balaban J connectivity index is 2.96. The van der Waals surface area contributed by atoms with Gasteiger partial charge in [-0.25, -0.2) is 0 Å². The zero-order valence-corrected chi connectivity index (χ0v) is 10.8. The lowest BCUT2D eigenvalue weighted by Crippen LogP contribution is -2.36. The molecule has 0 aliphatic heterocycles. The molecule has 0 heterocycles. The third-order valence-electron chi connectivity index (χ3n) is 2.69. The smallest absolute Gasteiger partial charge is 0.310 e. The van der Waals surface area contributed by atoms with Gasteiger partial charge in [-0.1, -0.05) is 6.92 Å². The third-order valence-corrected chi connectivity index (χ3v) is 2.69. The maximum absolute atomic E-state index is 11.9. The first-order chi connectivity index (χ1) is 9.03. The van der Waals surface area contributed by atoms with Crippen molar-refractivity contribution in [3.05, 3.63) is 33.9 Å². The summed E-state index contributed by atoms with van der Waals surface area (Å²) in [6.07, 6.45) is 0.590. The van der Waals surface area contributed by atoms with Crippen LogP contribution in [0, 0.1) is 10.1 Å². The quantitative estimate of drug-likeness (QED) is 0.594. The van der Waals surface area contributed by atoms with E-state index in [-0.39, 0.29) is 29.6 Å². The molecule has 0 saturated heterocycles. The van der Waals surface area contributed by atoms with Crippen LogP contribution in [0.3, 0.4) is 0 Å². The number of methoxy groups -OCH3 is 1. The van der Waals surface area contributed by atoms with Crippen LogP contribution < -0.4 is 10.1 Å². The summed E-state index contributed by atoms with van der Waals surface area (Å²) in [6.45, 7) is 1.67. The average molecular weight is 268 g/mol. The summed E-state index contributed by atoms with van der Waals surface area (Å²) in [7, 11) is 1.30. The second-order valence-electron chi connectivity index (χ2n) is 3.90. The molecule has 1 atom stereocenters. The molecule has 0 unspecified atom stereocenters. The number of amides is 1. The monoisotopic (exact) mass is 268 g/mol. The Morgan fingerprint density at radius 3 is 2.74 bits per heavy atom. The van der Waals surface area contributed by atoms with Crippen LogP contribution in [0.4, 0.5) is 5.69 Å². The maximum atomic E-state index is 11.9. The molecule has 7 nitrogen and oxygen atoms in total. The minimum Gasteiger partial charge on any atom is -0.490 e. The van der Waals surface area contributed by atoms with Crippen molar-refractivity contribution in [2.24, 2.45) is 0 Å².